The molecule has 0 radical (unpaired) electrons. The van der Waals surface area contributed by atoms with Crippen LogP contribution >= 0.6 is 0 Å². The lowest BCUT2D eigenvalue weighted by molar-refractivity contribution is -0.165. The number of carbonyl (C=O) groups excluding carboxylic acids is 2. The number of fused-ring (bicyclic) bond motifs is 7. The van der Waals surface area contributed by atoms with Gasteiger partial charge >= 0.3 is 5.97 Å². The predicted octanol–water partition coefficient (Wildman–Crippen LogP) is 8.50. The van der Waals surface area contributed by atoms with Gasteiger partial charge in [0.25, 0.3) is 0 Å². The van der Waals surface area contributed by atoms with Gasteiger partial charge in [0.05, 0.1) is 37.4 Å². The molecule has 8 atom stereocenters. The fraction of sp³-hybridized carbons (Fsp3) is 0.900. The molecule has 0 aromatic heterocycles. The minimum absolute atomic E-state index is 0.0214. The predicted molar refractivity (Wildman–Crippen MR) is 180 cm³/mol. The highest BCUT2D eigenvalue weighted by atomic mass is 16.6. The molecular formula is C40H64O6. The third-order valence-electron chi connectivity index (χ3n) is 14.1. The molecule has 0 N–H and O–H groups in total. The molecule has 0 aromatic rings. The van der Waals surface area contributed by atoms with Crippen LogP contribution in [0.1, 0.15) is 128 Å². The van der Waals surface area contributed by atoms with Crippen molar-refractivity contribution in [2.24, 2.45) is 53.3 Å². The normalized spacial score (nSPS) is 44.4. The van der Waals surface area contributed by atoms with Crippen LogP contribution < -0.4 is 0 Å². The molecule has 6 aliphatic carbocycles. The molecule has 1 aliphatic heterocycles. The van der Waals surface area contributed by atoms with Gasteiger partial charge in [0.2, 0.25) is 0 Å². The molecule has 6 nitrogen and oxygen atoms in total. The molecule has 46 heavy (non-hydrogen) atoms. The van der Waals surface area contributed by atoms with Gasteiger partial charge in [-0.15, -0.1) is 0 Å². The zero-order valence-corrected chi connectivity index (χ0v) is 28.9. The number of esters is 1. The van der Waals surface area contributed by atoms with Gasteiger partial charge < -0.3 is 18.9 Å². The second kappa shape index (κ2) is 16.9. The molecule has 6 heteroatoms. The number of rotatable bonds is 5. The summed E-state index contributed by atoms with van der Waals surface area (Å²) < 4.78 is 25.7. The van der Waals surface area contributed by atoms with Crippen molar-refractivity contribution in [2.75, 3.05) is 20.3 Å². The Morgan fingerprint density at radius 1 is 0.609 bits per heavy atom. The molecule has 0 aromatic carbocycles. The van der Waals surface area contributed by atoms with Crippen LogP contribution in [0.15, 0.2) is 12.7 Å². The summed E-state index contributed by atoms with van der Waals surface area (Å²) in [6.07, 6.45) is 28.4. The Morgan fingerprint density at radius 3 is 1.54 bits per heavy atom. The van der Waals surface area contributed by atoms with E-state index in [2.05, 4.69) is 6.58 Å². The maximum Gasteiger partial charge on any atom is 0.309 e. The summed E-state index contributed by atoms with van der Waals surface area (Å²) in [6.45, 7) is 4.16. The number of aldehydes is 1. The van der Waals surface area contributed by atoms with Gasteiger partial charge in [-0.3, -0.25) is 9.59 Å². The molecule has 7 rings (SSSR count). The summed E-state index contributed by atoms with van der Waals surface area (Å²) in [5, 5.41) is 0. The first-order chi connectivity index (χ1) is 22.6. The first kappa shape index (κ1) is 34.6. The first-order valence-corrected chi connectivity index (χ1v) is 19.6. The van der Waals surface area contributed by atoms with Gasteiger partial charge in [0.15, 0.2) is 0 Å². The minimum Gasteiger partial charge on any atom is -0.457 e. The monoisotopic (exact) mass is 640 g/mol. The summed E-state index contributed by atoms with van der Waals surface area (Å²) in [7, 11) is 1.86. The van der Waals surface area contributed by atoms with Crippen LogP contribution in [0.4, 0.5) is 0 Å². The number of hydrogen-bond donors (Lipinski definition) is 0. The number of allylic oxidation sites excluding steroid dienone is 1. The largest absolute Gasteiger partial charge is 0.457 e. The molecule has 6 saturated carbocycles. The zero-order valence-electron chi connectivity index (χ0n) is 28.9. The Hall–Kier alpha value is -1.24. The van der Waals surface area contributed by atoms with Gasteiger partial charge in [-0.25, -0.2) is 0 Å². The van der Waals surface area contributed by atoms with E-state index in [1.165, 1.54) is 122 Å². The summed E-state index contributed by atoms with van der Waals surface area (Å²) in [6, 6.07) is 0. The van der Waals surface area contributed by atoms with E-state index in [-0.39, 0.29) is 18.0 Å². The van der Waals surface area contributed by atoms with E-state index in [4.69, 9.17) is 23.7 Å². The van der Waals surface area contributed by atoms with E-state index in [1.54, 1.807) is 0 Å². The maximum absolute atomic E-state index is 13.5. The van der Waals surface area contributed by atoms with Crippen LogP contribution in [0.5, 0.6) is 0 Å². The molecule has 0 amide bonds. The van der Waals surface area contributed by atoms with E-state index in [9.17, 15) is 4.79 Å². The van der Waals surface area contributed by atoms with Crippen LogP contribution in [0.2, 0.25) is 0 Å². The van der Waals surface area contributed by atoms with Gasteiger partial charge in [0.1, 0.15) is 12.4 Å². The molecule has 7 aliphatic rings. The highest BCUT2D eigenvalue weighted by Gasteiger charge is 2.53. The standard InChI is InChI=1S/C37H60O5.C3H4O/c1-39-29-18-14-25(15-19-29)24-10-12-28(13-11-24)37(38)42-30-22-40-33-20-16-26-6-2-4-8-31(26)35(33)36-32-9-5-3-7-27(32)17-21-34(36)41-23-30;1-2-3-4/h24-36H,2-23H2,1H3;2-3H,1H2. The van der Waals surface area contributed by atoms with E-state index < -0.39 is 0 Å². The summed E-state index contributed by atoms with van der Waals surface area (Å²) in [4.78, 5) is 22.6. The number of methoxy groups -OCH3 is 1. The second-order valence-corrected chi connectivity index (χ2v) is 16.3. The van der Waals surface area contributed by atoms with Crippen molar-refractivity contribution >= 4 is 12.3 Å². The lowest BCUT2D eigenvalue weighted by atomic mass is 9.53. The summed E-state index contributed by atoms with van der Waals surface area (Å²) in [5.41, 5.74) is 0. The van der Waals surface area contributed by atoms with E-state index in [1.807, 2.05) is 7.11 Å². The third-order valence-corrected chi connectivity index (χ3v) is 14.1. The molecule has 1 saturated heterocycles. The second-order valence-electron chi connectivity index (χ2n) is 16.3. The highest BCUT2D eigenvalue weighted by Crippen LogP contribution is 2.56. The number of ether oxygens (including phenoxy) is 4. The smallest absolute Gasteiger partial charge is 0.309 e. The van der Waals surface area contributed by atoms with Crippen molar-refractivity contribution in [1.82, 2.24) is 0 Å². The lowest BCUT2D eigenvalue weighted by Gasteiger charge is -2.55. The average Bonchev–Trinajstić information content (AvgIpc) is 3.20. The van der Waals surface area contributed by atoms with Crippen LogP contribution in [-0.4, -0.2) is 57.0 Å². The van der Waals surface area contributed by atoms with Gasteiger partial charge in [-0.2, -0.15) is 0 Å². The Bertz CT molecular complexity index is 919. The zero-order chi connectivity index (χ0) is 31.9. The molecule has 0 spiro atoms. The van der Waals surface area contributed by atoms with Crippen LogP contribution in [0.25, 0.3) is 0 Å². The first-order valence-electron chi connectivity index (χ1n) is 19.6. The molecule has 1 heterocycles. The third kappa shape index (κ3) is 8.13. The Morgan fingerprint density at radius 2 is 1.07 bits per heavy atom. The maximum atomic E-state index is 13.5. The van der Waals surface area contributed by atoms with Crippen LogP contribution in [-0.2, 0) is 28.5 Å². The van der Waals surface area contributed by atoms with Crippen LogP contribution in [0, 0.1) is 53.3 Å². The lowest BCUT2D eigenvalue weighted by Crippen LogP contribution is -2.53. The highest BCUT2D eigenvalue weighted by molar-refractivity contribution is 5.72. The van der Waals surface area contributed by atoms with Gasteiger partial charge in [-0.05, 0) is 143 Å². The van der Waals surface area contributed by atoms with Crippen molar-refractivity contribution in [3.63, 3.8) is 0 Å². The topological polar surface area (TPSA) is 71.1 Å². The number of carbonyl (C=O) groups is 2. The Labute approximate surface area is 279 Å². The fourth-order valence-corrected chi connectivity index (χ4v) is 11.8. The molecule has 8 unspecified atom stereocenters. The van der Waals surface area contributed by atoms with Crippen molar-refractivity contribution in [3.8, 4) is 0 Å². The molecule has 7 fully saturated rings. The molecule has 0 bridgehead atoms. The van der Waals surface area contributed by atoms with Crippen LogP contribution in [0.3, 0.4) is 0 Å². The minimum atomic E-state index is -0.257. The number of hydrogen-bond acceptors (Lipinski definition) is 6. The summed E-state index contributed by atoms with van der Waals surface area (Å²) >= 11 is 0. The van der Waals surface area contributed by atoms with Crippen molar-refractivity contribution in [1.29, 1.82) is 0 Å². The molecule has 260 valence electrons. The Kier molecular flexibility index (Phi) is 12.7. The van der Waals surface area contributed by atoms with E-state index >= 15 is 0 Å². The van der Waals surface area contributed by atoms with Crippen molar-refractivity contribution < 1.29 is 28.5 Å². The molecular weight excluding hydrogens is 576 g/mol. The van der Waals surface area contributed by atoms with Gasteiger partial charge in [-0.1, -0.05) is 45.1 Å². The quantitative estimate of drug-likeness (QED) is 0.171. The van der Waals surface area contributed by atoms with Crippen molar-refractivity contribution in [3.05, 3.63) is 12.7 Å². The SMILES string of the molecule is C=CC=O.COC1CCC(C2CCC(C(=O)OC3COC4CCC5CCCCC5C4C4C(CCC5CCCCC54)OC3)CC2)CC1. The Balaban J connectivity index is 0.000000879. The van der Waals surface area contributed by atoms with E-state index in [0.717, 1.165) is 48.3 Å². The fourth-order valence-electron chi connectivity index (χ4n) is 11.8. The summed E-state index contributed by atoms with van der Waals surface area (Å²) in [5.74, 6) is 6.38. The van der Waals surface area contributed by atoms with Crippen molar-refractivity contribution in [2.45, 2.75) is 153 Å². The van der Waals surface area contributed by atoms with Gasteiger partial charge in [0, 0.05) is 7.11 Å². The van der Waals surface area contributed by atoms with E-state index in [0.29, 0.717) is 49.6 Å². The average molecular weight is 641 g/mol.